The molecule has 1 saturated heterocycles. The van der Waals surface area contributed by atoms with Gasteiger partial charge >= 0.3 is 0 Å². The highest BCUT2D eigenvalue weighted by Gasteiger charge is 2.25. The highest BCUT2D eigenvalue weighted by Crippen LogP contribution is 2.27. The number of amides is 2. The molecule has 2 amide bonds. The topological polar surface area (TPSA) is 107 Å². The Bertz CT molecular complexity index is 1210. The third kappa shape index (κ3) is 5.21. The van der Waals surface area contributed by atoms with Crippen LogP contribution in [0.4, 0.5) is 5.82 Å². The molecule has 0 radical (unpaired) electrons. The summed E-state index contributed by atoms with van der Waals surface area (Å²) < 4.78 is 7.37. The van der Waals surface area contributed by atoms with Gasteiger partial charge in [-0.15, -0.1) is 11.3 Å². The highest BCUT2D eigenvalue weighted by atomic mass is 32.1. The minimum Gasteiger partial charge on any atom is -0.467 e. The van der Waals surface area contributed by atoms with Crippen molar-refractivity contribution in [1.82, 2.24) is 19.4 Å². The average molecular weight is 481 g/mol. The standard InChI is InChI=1S/C24H28N6O3S/c1-16-15-34-22(26-16)11-23(32)29-8-6-28(7-9-29)14-21(31)27-24-20(12-25)17(2)18(3)30(24)13-19-5-4-10-33-19/h4-5,10,15H,6-9,11,13-14H2,1-3H3,(H,27,31). The molecule has 10 heteroatoms. The van der Waals surface area contributed by atoms with Crippen molar-refractivity contribution >= 4 is 29.0 Å². The van der Waals surface area contributed by atoms with Gasteiger partial charge in [0.2, 0.25) is 11.8 Å². The molecule has 34 heavy (non-hydrogen) atoms. The zero-order valence-electron chi connectivity index (χ0n) is 19.6. The normalized spacial score (nSPS) is 14.2. The van der Waals surface area contributed by atoms with Gasteiger partial charge in [0.15, 0.2) is 0 Å². The Balaban J connectivity index is 1.35. The average Bonchev–Trinajstić information content (AvgIpc) is 3.52. The van der Waals surface area contributed by atoms with Gasteiger partial charge in [0.1, 0.15) is 22.7 Å². The zero-order chi connectivity index (χ0) is 24.2. The van der Waals surface area contributed by atoms with Crippen LogP contribution in [-0.4, -0.2) is 63.9 Å². The number of aryl methyl sites for hydroxylation is 1. The van der Waals surface area contributed by atoms with Crippen LogP contribution in [0.1, 0.15) is 33.3 Å². The Morgan fingerprint density at radius 1 is 1.24 bits per heavy atom. The Morgan fingerprint density at radius 2 is 2.00 bits per heavy atom. The van der Waals surface area contributed by atoms with Crippen LogP contribution in [-0.2, 0) is 22.6 Å². The van der Waals surface area contributed by atoms with Crippen LogP contribution in [0.5, 0.6) is 0 Å². The van der Waals surface area contributed by atoms with Crippen molar-refractivity contribution in [3.05, 3.63) is 57.1 Å². The number of nitrogens with one attached hydrogen (secondary N) is 1. The maximum Gasteiger partial charge on any atom is 0.239 e. The molecule has 1 aliphatic heterocycles. The third-order valence-corrected chi connectivity index (χ3v) is 7.12. The van der Waals surface area contributed by atoms with E-state index in [4.69, 9.17) is 4.42 Å². The predicted octanol–water partition coefficient (Wildman–Crippen LogP) is 2.71. The number of nitriles is 1. The number of aromatic nitrogens is 2. The lowest BCUT2D eigenvalue weighted by atomic mass is 10.2. The fourth-order valence-corrected chi connectivity index (χ4v) is 4.90. The van der Waals surface area contributed by atoms with Crippen molar-refractivity contribution < 1.29 is 14.0 Å². The first-order valence-corrected chi connectivity index (χ1v) is 12.1. The van der Waals surface area contributed by atoms with E-state index < -0.39 is 0 Å². The smallest absolute Gasteiger partial charge is 0.239 e. The number of nitrogens with zero attached hydrogens (tertiary/aromatic N) is 5. The van der Waals surface area contributed by atoms with E-state index in [-0.39, 0.29) is 18.4 Å². The van der Waals surface area contributed by atoms with Gasteiger partial charge in [-0.2, -0.15) is 5.26 Å². The van der Waals surface area contributed by atoms with E-state index >= 15 is 0 Å². The van der Waals surface area contributed by atoms with Crippen LogP contribution < -0.4 is 5.32 Å². The summed E-state index contributed by atoms with van der Waals surface area (Å²) in [7, 11) is 0. The fourth-order valence-electron chi connectivity index (χ4n) is 4.14. The molecule has 0 unspecified atom stereocenters. The van der Waals surface area contributed by atoms with Crippen molar-refractivity contribution in [2.45, 2.75) is 33.7 Å². The molecular weight excluding hydrogens is 452 g/mol. The molecule has 4 heterocycles. The predicted molar refractivity (Wildman–Crippen MR) is 129 cm³/mol. The second kappa shape index (κ2) is 10.2. The molecule has 9 nitrogen and oxygen atoms in total. The Kier molecular flexibility index (Phi) is 7.14. The van der Waals surface area contributed by atoms with Gasteiger partial charge < -0.3 is 19.2 Å². The number of furan rings is 1. The van der Waals surface area contributed by atoms with Crippen molar-refractivity contribution in [1.29, 1.82) is 5.26 Å². The molecule has 0 spiro atoms. The molecule has 3 aromatic heterocycles. The van der Waals surface area contributed by atoms with Gasteiger partial charge in [-0.25, -0.2) is 4.98 Å². The van der Waals surface area contributed by atoms with Crippen LogP contribution in [0.15, 0.2) is 28.2 Å². The number of anilines is 1. The molecule has 4 rings (SSSR count). The summed E-state index contributed by atoms with van der Waals surface area (Å²) in [6.45, 7) is 8.74. The van der Waals surface area contributed by atoms with Crippen LogP contribution in [0.2, 0.25) is 0 Å². The summed E-state index contributed by atoms with van der Waals surface area (Å²) >= 11 is 1.51. The van der Waals surface area contributed by atoms with Gasteiger partial charge in [-0.05, 0) is 38.5 Å². The Hall–Kier alpha value is -3.42. The first-order chi connectivity index (χ1) is 16.4. The van der Waals surface area contributed by atoms with E-state index in [0.29, 0.717) is 50.5 Å². The fraction of sp³-hybridized carbons (Fsp3) is 0.417. The molecule has 0 bridgehead atoms. The lowest BCUT2D eigenvalue weighted by molar-refractivity contribution is -0.132. The summed E-state index contributed by atoms with van der Waals surface area (Å²) in [6, 6.07) is 5.90. The van der Waals surface area contributed by atoms with Gasteiger partial charge in [0, 0.05) is 42.9 Å². The number of carbonyl (C=O) groups excluding carboxylic acids is 2. The van der Waals surface area contributed by atoms with Crippen LogP contribution in [0.3, 0.4) is 0 Å². The summed E-state index contributed by atoms with van der Waals surface area (Å²) in [4.78, 5) is 33.7. The molecule has 1 N–H and O–H groups in total. The second-order valence-corrected chi connectivity index (χ2v) is 9.42. The molecule has 0 saturated carbocycles. The van der Waals surface area contributed by atoms with E-state index in [2.05, 4.69) is 16.4 Å². The lowest BCUT2D eigenvalue weighted by Gasteiger charge is -2.34. The van der Waals surface area contributed by atoms with Gasteiger partial charge in [0.05, 0.1) is 31.3 Å². The monoisotopic (exact) mass is 480 g/mol. The van der Waals surface area contributed by atoms with E-state index in [1.54, 1.807) is 6.26 Å². The molecule has 178 valence electrons. The molecule has 3 aromatic rings. The van der Waals surface area contributed by atoms with Crippen molar-refractivity contribution in [2.24, 2.45) is 0 Å². The molecule has 0 atom stereocenters. The van der Waals surface area contributed by atoms with Gasteiger partial charge in [-0.1, -0.05) is 0 Å². The molecule has 1 fully saturated rings. The Morgan fingerprint density at radius 3 is 2.62 bits per heavy atom. The summed E-state index contributed by atoms with van der Waals surface area (Å²) in [5, 5.41) is 15.4. The number of piperazine rings is 1. The summed E-state index contributed by atoms with van der Waals surface area (Å²) in [5.74, 6) is 1.12. The van der Waals surface area contributed by atoms with Gasteiger partial charge in [0.25, 0.3) is 0 Å². The van der Waals surface area contributed by atoms with Crippen molar-refractivity contribution in [2.75, 3.05) is 38.0 Å². The Labute approximate surface area is 202 Å². The maximum absolute atomic E-state index is 12.9. The molecule has 1 aliphatic rings. The van der Waals surface area contributed by atoms with E-state index in [1.165, 1.54) is 11.3 Å². The van der Waals surface area contributed by atoms with Crippen LogP contribution >= 0.6 is 11.3 Å². The molecule has 0 aromatic carbocycles. The number of rotatable bonds is 7. The molecular formula is C24H28N6O3S. The summed E-state index contributed by atoms with van der Waals surface area (Å²) in [5.41, 5.74) is 3.15. The van der Waals surface area contributed by atoms with E-state index in [1.807, 2.05) is 52.7 Å². The van der Waals surface area contributed by atoms with Gasteiger partial charge in [-0.3, -0.25) is 14.5 Å². The first-order valence-electron chi connectivity index (χ1n) is 11.2. The summed E-state index contributed by atoms with van der Waals surface area (Å²) in [6.07, 6.45) is 1.92. The zero-order valence-corrected chi connectivity index (χ0v) is 20.4. The van der Waals surface area contributed by atoms with Crippen molar-refractivity contribution in [3.63, 3.8) is 0 Å². The number of carbonyl (C=O) groups is 2. The van der Waals surface area contributed by atoms with Crippen molar-refractivity contribution in [3.8, 4) is 6.07 Å². The lowest BCUT2D eigenvalue weighted by Crippen LogP contribution is -2.50. The van der Waals surface area contributed by atoms with Crippen LogP contribution in [0, 0.1) is 32.1 Å². The first kappa shape index (κ1) is 23.7. The maximum atomic E-state index is 12.9. The number of hydrogen-bond donors (Lipinski definition) is 1. The number of hydrogen-bond acceptors (Lipinski definition) is 7. The van der Waals surface area contributed by atoms with Crippen LogP contribution in [0.25, 0.3) is 0 Å². The highest BCUT2D eigenvalue weighted by molar-refractivity contribution is 7.09. The second-order valence-electron chi connectivity index (χ2n) is 8.48. The third-order valence-electron chi connectivity index (χ3n) is 6.15. The number of thiazole rings is 1. The quantitative estimate of drug-likeness (QED) is 0.557. The van der Waals surface area contributed by atoms with E-state index in [0.717, 1.165) is 27.7 Å². The van der Waals surface area contributed by atoms with E-state index in [9.17, 15) is 14.9 Å². The minimum absolute atomic E-state index is 0.0683. The minimum atomic E-state index is -0.187. The SMILES string of the molecule is Cc1csc(CC(=O)N2CCN(CC(=O)Nc3c(C#N)c(C)c(C)n3Cc3ccco3)CC2)n1. The largest absolute Gasteiger partial charge is 0.467 e. The molecule has 0 aliphatic carbocycles.